The Balaban J connectivity index is 1.46. The van der Waals surface area contributed by atoms with E-state index in [4.69, 9.17) is 37.6 Å². The highest BCUT2D eigenvalue weighted by molar-refractivity contribution is 6.39. The van der Waals surface area contributed by atoms with Crippen molar-refractivity contribution < 1.29 is 19.2 Å². The van der Waals surface area contributed by atoms with Crippen LogP contribution in [-0.2, 0) is 17.8 Å². The number of nitrogens with zero attached hydrogens (tertiary/aromatic N) is 1. The fourth-order valence-corrected chi connectivity index (χ4v) is 4.58. The predicted molar refractivity (Wildman–Crippen MR) is 131 cm³/mol. The molecule has 1 aliphatic rings. The van der Waals surface area contributed by atoms with E-state index in [0.717, 1.165) is 40.9 Å². The number of aliphatic carboxylic acids is 1. The van der Waals surface area contributed by atoms with Gasteiger partial charge < -0.3 is 14.4 Å². The average molecular weight is 494 g/mol. The fraction of sp³-hybridized carbons (Fsp3) is 0.185. The Morgan fingerprint density at radius 3 is 2.38 bits per heavy atom. The third-order valence-electron chi connectivity index (χ3n) is 5.85. The summed E-state index contributed by atoms with van der Waals surface area (Å²) in [6.45, 7) is 0.250. The molecule has 0 aliphatic heterocycles. The first-order valence-corrected chi connectivity index (χ1v) is 11.7. The summed E-state index contributed by atoms with van der Waals surface area (Å²) in [6, 6.07) is 20.6. The number of para-hydroxylation sites is 1. The van der Waals surface area contributed by atoms with Gasteiger partial charge in [-0.15, -0.1) is 0 Å². The molecular formula is C27H21Cl2NO4. The Morgan fingerprint density at radius 2 is 1.71 bits per heavy atom. The van der Waals surface area contributed by atoms with Crippen LogP contribution in [0.3, 0.4) is 0 Å². The van der Waals surface area contributed by atoms with Crippen molar-refractivity contribution in [3.05, 3.63) is 93.7 Å². The maximum Gasteiger partial charge on any atom is 0.307 e. The molecular weight excluding hydrogens is 473 g/mol. The van der Waals surface area contributed by atoms with Gasteiger partial charge in [0.25, 0.3) is 0 Å². The lowest BCUT2D eigenvalue weighted by Gasteiger charge is -2.13. The second kappa shape index (κ2) is 9.53. The third-order valence-corrected chi connectivity index (χ3v) is 6.48. The number of hydrogen-bond acceptors (Lipinski definition) is 4. The minimum Gasteiger partial charge on any atom is -0.488 e. The van der Waals surface area contributed by atoms with Crippen molar-refractivity contribution in [3.8, 4) is 28.1 Å². The summed E-state index contributed by atoms with van der Waals surface area (Å²) in [7, 11) is 0. The molecule has 4 aromatic rings. The van der Waals surface area contributed by atoms with Gasteiger partial charge in [0, 0.05) is 17.0 Å². The zero-order valence-corrected chi connectivity index (χ0v) is 19.6. The molecule has 34 heavy (non-hydrogen) atoms. The molecule has 172 valence electrons. The van der Waals surface area contributed by atoms with Crippen molar-refractivity contribution in [2.24, 2.45) is 0 Å². The van der Waals surface area contributed by atoms with Gasteiger partial charge in [-0.2, -0.15) is 0 Å². The Morgan fingerprint density at radius 1 is 1.00 bits per heavy atom. The van der Waals surface area contributed by atoms with Crippen molar-refractivity contribution in [1.82, 2.24) is 5.16 Å². The number of aromatic nitrogens is 1. The normalized spacial score (nSPS) is 13.1. The SMILES string of the molecule is O=C(O)Cc1ccc(-c2ccccc2OCc2c(-c3c(Cl)cccc3Cl)noc2C2CC2)cc1. The number of carboxylic acid groups (broad SMARTS) is 1. The summed E-state index contributed by atoms with van der Waals surface area (Å²) in [5, 5.41) is 14.3. The first kappa shape index (κ1) is 22.5. The lowest BCUT2D eigenvalue weighted by Crippen LogP contribution is -2.01. The van der Waals surface area contributed by atoms with Crippen LogP contribution >= 0.6 is 23.2 Å². The second-order valence-corrected chi connectivity index (χ2v) is 9.11. The molecule has 0 amide bonds. The van der Waals surface area contributed by atoms with Crippen molar-refractivity contribution in [2.45, 2.75) is 31.8 Å². The van der Waals surface area contributed by atoms with E-state index in [2.05, 4.69) is 5.16 Å². The third kappa shape index (κ3) is 4.67. The van der Waals surface area contributed by atoms with Gasteiger partial charge in [-0.1, -0.05) is 76.9 Å². The summed E-state index contributed by atoms with van der Waals surface area (Å²) in [6.07, 6.45) is 2.09. The van der Waals surface area contributed by atoms with Crippen molar-refractivity contribution in [2.75, 3.05) is 0 Å². The molecule has 1 fully saturated rings. The van der Waals surface area contributed by atoms with Crippen molar-refractivity contribution in [3.63, 3.8) is 0 Å². The fourth-order valence-electron chi connectivity index (χ4n) is 4.01. The highest BCUT2D eigenvalue weighted by atomic mass is 35.5. The van der Waals surface area contributed by atoms with Crippen molar-refractivity contribution >= 4 is 29.2 Å². The molecule has 1 aromatic heterocycles. The molecule has 1 aliphatic carbocycles. The van der Waals surface area contributed by atoms with E-state index < -0.39 is 5.97 Å². The number of carbonyl (C=O) groups is 1. The van der Waals surface area contributed by atoms with Crippen LogP contribution in [0.4, 0.5) is 0 Å². The van der Waals surface area contributed by atoms with Gasteiger partial charge in [0.2, 0.25) is 0 Å². The molecule has 0 unspecified atom stereocenters. The van der Waals surface area contributed by atoms with E-state index in [-0.39, 0.29) is 13.0 Å². The Kier molecular flexibility index (Phi) is 6.31. The van der Waals surface area contributed by atoms with E-state index >= 15 is 0 Å². The summed E-state index contributed by atoms with van der Waals surface area (Å²) in [5.74, 6) is 0.998. The minimum atomic E-state index is -0.855. The quantitative estimate of drug-likeness (QED) is 0.276. The summed E-state index contributed by atoms with van der Waals surface area (Å²) >= 11 is 12.9. The molecule has 1 N–H and O–H groups in total. The molecule has 5 rings (SSSR count). The van der Waals surface area contributed by atoms with Gasteiger partial charge in [-0.25, -0.2) is 0 Å². The van der Waals surface area contributed by atoms with Crippen LogP contribution in [-0.4, -0.2) is 16.2 Å². The molecule has 1 saturated carbocycles. The van der Waals surface area contributed by atoms with Crippen LogP contribution in [0.15, 0.2) is 71.3 Å². The highest BCUT2D eigenvalue weighted by Gasteiger charge is 2.33. The molecule has 0 radical (unpaired) electrons. The molecule has 0 bridgehead atoms. The largest absolute Gasteiger partial charge is 0.488 e. The standard InChI is InChI=1S/C27H21Cl2NO4/c28-21-5-3-6-22(29)25(21)26-20(27(34-30-26)18-12-13-18)15-33-23-7-2-1-4-19(23)17-10-8-16(9-11-17)14-24(31)32/h1-11,18H,12-15H2,(H,31,32). The molecule has 0 spiro atoms. The lowest BCUT2D eigenvalue weighted by atomic mass is 10.0. The first-order chi connectivity index (χ1) is 16.5. The van der Waals surface area contributed by atoms with Crippen LogP contribution < -0.4 is 4.74 Å². The molecule has 5 nitrogen and oxygen atoms in total. The molecule has 7 heteroatoms. The number of hydrogen-bond donors (Lipinski definition) is 1. The van der Waals surface area contributed by atoms with Gasteiger partial charge in [0.1, 0.15) is 23.8 Å². The zero-order chi connectivity index (χ0) is 23.7. The lowest BCUT2D eigenvalue weighted by molar-refractivity contribution is -0.136. The number of benzene rings is 3. The number of halogens is 2. The predicted octanol–water partition coefficient (Wildman–Crippen LogP) is 7.40. The Hall–Kier alpha value is -3.28. The van der Waals surface area contributed by atoms with Crippen LogP contribution in [0.25, 0.3) is 22.4 Å². The van der Waals surface area contributed by atoms with Crippen LogP contribution in [0, 0.1) is 0 Å². The zero-order valence-electron chi connectivity index (χ0n) is 18.1. The maximum absolute atomic E-state index is 11.0. The molecule has 0 atom stereocenters. The Bertz CT molecular complexity index is 1320. The Labute approximate surface area is 206 Å². The highest BCUT2D eigenvalue weighted by Crippen LogP contribution is 2.46. The van der Waals surface area contributed by atoms with E-state index in [1.54, 1.807) is 18.2 Å². The number of carboxylic acids is 1. The summed E-state index contributed by atoms with van der Waals surface area (Å²) in [4.78, 5) is 11.0. The second-order valence-electron chi connectivity index (χ2n) is 8.30. The van der Waals surface area contributed by atoms with E-state index in [1.165, 1.54) is 0 Å². The summed E-state index contributed by atoms with van der Waals surface area (Å²) in [5.41, 5.74) is 4.69. The number of ether oxygens (including phenoxy) is 1. The van der Waals surface area contributed by atoms with Gasteiger partial charge in [-0.3, -0.25) is 4.79 Å². The molecule has 3 aromatic carbocycles. The maximum atomic E-state index is 11.0. The van der Waals surface area contributed by atoms with E-state index in [1.807, 2.05) is 48.5 Å². The van der Waals surface area contributed by atoms with Crippen molar-refractivity contribution in [1.29, 1.82) is 0 Å². The van der Waals surface area contributed by atoms with Crippen LogP contribution in [0.2, 0.25) is 10.0 Å². The topological polar surface area (TPSA) is 72.6 Å². The monoisotopic (exact) mass is 493 g/mol. The average Bonchev–Trinajstić information content (AvgIpc) is 3.58. The van der Waals surface area contributed by atoms with Gasteiger partial charge in [-0.05, 0) is 42.2 Å². The number of rotatable bonds is 8. The molecule has 0 saturated heterocycles. The van der Waals surface area contributed by atoms with Gasteiger partial charge in [0.05, 0.1) is 22.0 Å². The van der Waals surface area contributed by atoms with Crippen LogP contribution in [0.5, 0.6) is 5.75 Å². The minimum absolute atomic E-state index is 0.0107. The van der Waals surface area contributed by atoms with Gasteiger partial charge in [0.15, 0.2) is 0 Å². The first-order valence-electron chi connectivity index (χ1n) is 11.0. The summed E-state index contributed by atoms with van der Waals surface area (Å²) < 4.78 is 12.0. The van der Waals surface area contributed by atoms with Crippen LogP contribution in [0.1, 0.15) is 35.6 Å². The molecule has 1 heterocycles. The van der Waals surface area contributed by atoms with E-state index in [0.29, 0.717) is 33.0 Å². The van der Waals surface area contributed by atoms with E-state index in [9.17, 15) is 4.79 Å². The van der Waals surface area contributed by atoms with Gasteiger partial charge >= 0.3 is 5.97 Å². The smallest absolute Gasteiger partial charge is 0.307 e.